The molecule has 22 heavy (non-hydrogen) atoms. The molecule has 0 saturated carbocycles. The van der Waals surface area contributed by atoms with Gasteiger partial charge in [0.25, 0.3) is 5.56 Å². The zero-order chi connectivity index (χ0) is 16.4. The second-order valence-electron chi connectivity index (χ2n) is 5.25. The number of aliphatic hydroxyl groups is 1. The Balaban J connectivity index is 2.44. The molecule has 1 saturated heterocycles. The van der Waals surface area contributed by atoms with Crippen molar-refractivity contribution in [1.82, 2.24) is 9.55 Å². The summed E-state index contributed by atoms with van der Waals surface area (Å²) in [6.07, 6.45) is -0.155. The Hall–Kier alpha value is -1.93. The van der Waals surface area contributed by atoms with Gasteiger partial charge in [0.05, 0.1) is 18.8 Å². The summed E-state index contributed by atoms with van der Waals surface area (Å²) in [6, 6.07) is 0. The summed E-state index contributed by atoms with van der Waals surface area (Å²) in [6.45, 7) is 5.34. The van der Waals surface area contributed by atoms with Gasteiger partial charge < -0.3 is 14.6 Å². The van der Waals surface area contributed by atoms with Crippen LogP contribution in [0.1, 0.15) is 43.8 Å². The van der Waals surface area contributed by atoms with Crippen molar-refractivity contribution in [2.45, 2.75) is 45.6 Å². The number of carbonyl (C=O) groups is 1. The monoisotopic (exact) mass is 312 g/mol. The number of esters is 1. The van der Waals surface area contributed by atoms with E-state index in [2.05, 4.69) is 4.98 Å². The first kappa shape index (κ1) is 16.4. The summed E-state index contributed by atoms with van der Waals surface area (Å²) < 4.78 is 11.6. The van der Waals surface area contributed by atoms with Crippen LogP contribution in [0, 0.1) is 5.92 Å². The number of carbonyl (C=O) groups excluding carboxylic acids is 1. The molecule has 1 aliphatic heterocycles. The zero-order valence-corrected chi connectivity index (χ0v) is 12.7. The maximum atomic E-state index is 12.0. The van der Waals surface area contributed by atoms with Crippen LogP contribution in [0.5, 0.6) is 0 Å². The molecule has 1 aromatic rings. The minimum Gasteiger partial charge on any atom is -0.462 e. The van der Waals surface area contributed by atoms with Gasteiger partial charge in [-0.25, -0.2) is 9.59 Å². The standard InChI is InChI=1S/C14H20N2O6/c1-4-9-10(17)7(3)12(22-9)16-6-8(13(19)21-5-2)11(18)15-14(16)20/h6-7,9-10,12,17H,4-5H2,1-3H3,(H,15,18,20)/t7-,9+,10?,12+/m0/s1. The lowest BCUT2D eigenvalue weighted by Gasteiger charge is -2.18. The highest BCUT2D eigenvalue weighted by Crippen LogP contribution is 2.34. The highest BCUT2D eigenvalue weighted by Gasteiger charge is 2.41. The van der Waals surface area contributed by atoms with Crippen LogP contribution >= 0.6 is 0 Å². The lowest BCUT2D eigenvalue weighted by Crippen LogP contribution is -2.37. The molecular formula is C14H20N2O6. The number of H-pyrrole nitrogens is 1. The average Bonchev–Trinajstić information content (AvgIpc) is 2.75. The largest absolute Gasteiger partial charge is 0.462 e. The fourth-order valence-corrected chi connectivity index (χ4v) is 2.58. The van der Waals surface area contributed by atoms with E-state index in [4.69, 9.17) is 9.47 Å². The molecule has 1 aromatic heterocycles. The van der Waals surface area contributed by atoms with Crippen LogP contribution in [0.2, 0.25) is 0 Å². The van der Waals surface area contributed by atoms with Crippen molar-refractivity contribution >= 4 is 5.97 Å². The number of hydrogen-bond donors (Lipinski definition) is 2. The predicted molar refractivity (Wildman–Crippen MR) is 76.7 cm³/mol. The van der Waals surface area contributed by atoms with Crippen molar-refractivity contribution in [3.05, 3.63) is 32.6 Å². The van der Waals surface area contributed by atoms with E-state index in [1.54, 1.807) is 13.8 Å². The van der Waals surface area contributed by atoms with Crippen LogP contribution in [0.4, 0.5) is 0 Å². The molecule has 0 spiro atoms. The van der Waals surface area contributed by atoms with E-state index in [-0.39, 0.29) is 18.1 Å². The fourth-order valence-electron chi connectivity index (χ4n) is 2.58. The first-order valence-electron chi connectivity index (χ1n) is 7.26. The van der Waals surface area contributed by atoms with Crippen molar-refractivity contribution in [2.75, 3.05) is 6.61 Å². The van der Waals surface area contributed by atoms with Crippen LogP contribution in [0.15, 0.2) is 15.8 Å². The third kappa shape index (κ3) is 2.84. The van der Waals surface area contributed by atoms with Crippen molar-refractivity contribution in [3.63, 3.8) is 0 Å². The number of nitrogens with one attached hydrogen (secondary N) is 1. The molecule has 0 amide bonds. The molecule has 8 heteroatoms. The second-order valence-corrected chi connectivity index (χ2v) is 5.25. The summed E-state index contributed by atoms with van der Waals surface area (Å²) in [4.78, 5) is 37.6. The highest BCUT2D eigenvalue weighted by atomic mass is 16.5. The normalized spacial score (nSPS) is 27.8. The van der Waals surface area contributed by atoms with Crippen LogP contribution in [0.25, 0.3) is 0 Å². The smallest absolute Gasteiger partial charge is 0.345 e. The second kappa shape index (κ2) is 6.45. The zero-order valence-electron chi connectivity index (χ0n) is 12.7. The van der Waals surface area contributed by atoms with Gasteiger partial charge in [-0.1, -0.05) is 13.8 Å². The van der Waals surface area contributed by atoms with Gasteiger partial charge in [0.2, 0.25) is 0 Å². The van der Waals surface area contributed by atoms with Crippen LogP contribution in [-0.4, -0.2) is 39.4 Å². The number of aliphatic hydroxyl groups excluding tert-OH is 1. The highest BCUT2D eigenvalue weighted by molar-refractivity contribution is 5.88. The molecule has 2 rings (SSSR count). The lowest BCUT2D eigenvalue weighted by molar-refractivity contribution is -0.0251. The quantitative estimate of drug-likeness (QED) is 0.758. The number of ether oxygens (including phenoxy) is 2. The third-order valence-corrected chi connectivity index (χ3v) is 3.82. The van der Waals surface area contributed by atoms with E-state index in [9.17, 15) is 19.5 Å². The van der Waals surface area contributed by atoms with Gasteiger partial charge in [0, 0.05) is 12.1 Å². The molecule has 0 aliphatic carbocycles. The molecule has 1 fully saturated rings. The van der Waals surface area contributed by atoms with E-state index in [1.807, 2.05) is 6.92 Å². The topological polar surface area (TPSA) is 111 Å². The maximum Gasteiger partial charge on any atom is 0.345 e. The Labute approximate surface area is 126 Å². The van der Waals surface area contributed by atoms with E-state index < -0.39 is 35.7 Å². The Kier molecular flexibility index (Phi) is 4.82. The summed E-state index contributed by atoms with van der Waals surface area (Å²) in [7, 11) is 0. The van der Waals surface area contributed by atoms with E-state index >= 15 is 0 Å². The van der Waals surface area contributed by atoms with E-state index in [1.165, 1.54) is 0 Å². The van der Waals surface area contributed by atoms with Crippen LogP contribution < -0.4 is 11.2 Å². The van der Waals surface area contributed by atoms with Gasteiger partial charge in [0.15, 0.2) is 0 Å². The fraction of sp³-hybridized carbons (Fsp3) is 0.643. The van der Waals surface area contributed by atoms with Gasteiger partial charge in [0.1, 0.15) is 11.8 Å². The van der Waals surface area contributed by atoms with E-state index in [0.29, 0.717) is 6.42 Å². The summed E-state index contributed by atoms with van der Waals surface area (Å²) in [5.74, 6) is -1.17. The molecule has 8 nitrogen and oxygen atoms in total. The number of rotatable bonds is 4. The Morgan fingerprint density at radius 1 is 1.45 bits per heavy atom. The average molecular weight is 312 g/mol. The molecule has 1 aliphatic rings. The molecule has 2 N–H and O–H groups in total. The number of aromatic nitrogens is 2. The molecule has 1 unspecified atom stereocenters. The molecule has 2 heterocycles. The van der Waals surface area contributed by atoms with Gasteiger partial charge in [-0.3, -0.25) is 14.3 Å². The summed E-state index contributed by atoms with van der Waals surface area (Å²) >= 11 is 0. The SMILES string of the molecule is CCOC(=O)c1cn([C@@H]2O[C@H](CC)C(O)[C@@H]2C)c(=O)[nH]c1=O. The van der Waals surface area contributed by atoms with Crippen molar-refractivity contribution in [1.29, 1.82) is 0 Å². The molecule has 4 atom stereocenters. The van der Waals surface area contributed by atoms with Crippen LogP contribution in [0.3, 0.4) is 0 Å². The molecule has 0 bridgehead atoms. The molecule has 0 aromatic carbocycles. The van der Waals surface area contributed by atoms with Gasteiger partial charge in [-0.2, -0.15) is 0 Å². The summed E-state index contributed by atoms with van der Waals surface area (Å²) in [5.41, 5.74) is -1.77. The molecule has 122 valence electrons. The van der Waals surface area contributed by atoms with E-state index in [0.717, 1.165) is 10.8 Å². The maximum absolute atomic E-state index is 12.0. The molecule has 0 radical (unpaired) electrons. The predicted octanol–water partition coefficient (Wildman–Crippen LogP) is 0.0177. The number of aromatic amines is 1. The first-order valence-corrected chi connectivity index (χ1v) is 7.26. The van der Waals surface area contributed by atoms with Gasteiger partial charge >= 0.3 is 11.7 Å². The first-order chi connectivity index (χ1) is 10.4. The van der Waals surface area contributed by atoms with Crippen molar-refractivity contribution in [3.8, 4) is 0 Å². The van der Waals surface area contributed by atoms with Crippen molar-refractivity contribution < 1.29 is 19.4 Å². The Bertz CT molecular complexity index is 664. The molecular weight excluding hydrogens is 292 g/mol. The summed E-state index contributed by atoms with van der Waals surface area (Å²) in [5, 5.41) is 10.1. The number of nitrogens with zero attached hydrogens (tertiary/aromatic N) is 1. The third-order valence-electron chi connectivity index (χ3n) is 3.82. The van der Waals surface area contributed by atoms with Gasteiger partial charge in [-0.15, -0.1) is 0 Å². The Morgan fingerprint density at radius 3 is 2.68 bits per heavy atom. The Morgan fingerprint density at radius 2 is 2.14 bits per heavy atom. The minimum atomic E-state index is -0.810. The van der Waals surface area contributed by atoms with Crippen molar-refractivity contribution in [2.24, 2.45) is 5.92 Å². The van der Waals surface area contributed by atoms with Gasteiger partial charge in [-0.05, 0) is 13.3 Å². The van der Waals surface area contributed by atoms with Crippen LogP contribution in [-0.2, 0) is 9.47 Å². The lowest BCUT2D eigenvalue weighted by atomic mass is 10.0. The number of hydrogen-bond acceptors (Lipinski definition) is 6. The minimum absolute atomic E-state index is 0.115.